The van der Waals surface area contributed by atoms with Gasteiger partial charge in [-0.1, -0.05) is 121 Å². The van der Waals surface area contributed by atoms with E-state index in [0.717, 1.165) is 24.7 Å². The lowest BCUT2D eigenvalue weighted by atomic mass is 9.65. The monoisotopic (exact) mass is 900 g/mol. The minimum absolute atomic E-state index is 0.0290. The van der Waals surface area contributed by atoms with Crippen LogP contribution in [-0.2, 0) is 43.6 Å². The third kappa shape index (κ3) is 8.19. The van der Waals surface area contributed by atoms with E-state index >= 15 is 14.4 Å². The van der Waals surface area contributed by atoms with Gasteiger partial charge in [0, 0.05) is 18.5 Å². The number of aromatic hydroxyl groups is 1. The molecule has 3 aliphatic rings. The fourth-order valence-electron chi connectivity index (χ4n) is 9.80. The van der Waals surface area contributed by atoms with Gasteiger partial charge in [-0.05, 0) is 65.1 Å². The Bertz CT molecular complexity index is 2760. The molecule has 5 aromatic carbocycles. The number of methoxy groups -OCH3 is 2. The van der Waals surface area contributed by atoms with Crippen LogP contribution in [0.4, 0.5) is 10.5 Å². The minimum Gasteiger partial charge on any atom is -0.508 e. The van der Waals surface area contributed by atoms with Crippen LogP contribution in [0.2, 0.25) is 0 Å². The number of morpholine rings is 1. The number of anilines is 1. The molecule has 0 bridgehead atoms. The summed E-state index contributed by atoms with van der Waals surface area (Å²) in [5.41, 5.74) is 1.11. The van der Waals surface area contributed by atoms with Gasteiger partial charge in [0.25, 0.3) is 0 Å². The topological polar surface area (TPSA) is 181 Å². The molecule has 3 N–H and O–H groups in total. The second kappa shape index (κ2) is 19.2. The summed E-state index contributed by atoms with van der Waals surface area (Å²) in [6.45, 7) is 5.55. The number of imide groups is 1. The molecule has 0 aromatic heterocycles. The van der Waals surface area contributed by atoms with Crippen LogP contribution >= 0.6 is 0 Å². The van der Waals surface area contributed by atoms with Gasteiger partial charge in [-0.2, -0.15) is 0 Å². The van der Waals surface area contributed by atoms with Crippen molar-refractivity contribution in [2.75, 3.05) is 25.7 Å². The van der Waals surface area contributed by atoms with Gasteiger partial charge in [0.15, 0.2) is 5.92 Å². The Morgan fingerprint density at radius 2 is 1.43 bits per heavy atom. The number of esters is 3. The van der Waals surface area contributed by atoms with Gasteiger partial charge in [-0.25, -0.2) is 9.69 Å². The Kier molecular flexibility index (Phi) is 13.1. The molecule has 5 aromatic rings. The number of rotatable bonds is 11. The zero-order chi connectivity index (χ0) is 47.4. The highest BCUT2D eigenvalue weighted by atomic mass is 16.6. The Morgan fingerprint density at radius 1 is 0.821 bits per heavy atom. The standard InChI is InChI=1S/C53H48N4O10/c1-5-30-54-47(59)42-44-50(62)67-45(36-21-13-8-14-22-36)43(35-19-11-7-12-20-35)57(44)46(37-25-27-38(58)28-26-37)53(42)40-31-33(16-15-23-39(48(60)65-3)49(61)66-4)24-29-41(40)56(51(53)63)52(64)55-32(2)34-17-9-6-10-18-34/h5-14,17-22,24-29,31-32,39,42-46,58H,1,23,30H2,2-4H3,(H,54,59)(H,55,64). The number of cyclic esters (lactones) is 1. The summed E-state index contributed by atoms with van der Waals surface area (Å²) in [5, 5.41) is 16.6. The van der Waals surface area contributed by atoms with Gasteiger partial charge in [0.1, 0.15) is 23.3 Å². The van der Waals surface area contributed by atoms with Crippen molar-refractivity contribution in [2.24, 2.45) is 11.8 Å². The Morgan fingerprint density at radius 3 is 2.04 bits per heavy atom. The first-order valence-electron chi connectivity index (χ1n) is 21.7. The molecule has 1 spiro atoms. The van der Waals surface area contributed by atoms with Crippen LogP contribution in [0.3, 0.4) is 0 Å². The molecule has 0 saturated carbocycles. The maximum absolute atomic E-state index is 16.4. The Hall–Kier alpha value is -8.02. The second-order valence-electron chi connectivity index (χ2n) is 16.4. The van der Waals surface area contributed by atoms with Crippen LogP contribution in [0.15, 0.2) is 146 Å². The van der Waals surface area contributed by atoms with E-state index in [1.807, 2.05) is 95.9 Å². The number of fused-ring (bicyclic) bond motifs is 3. The number of nitrogens with zero attached hydrogens (tertiary/aromatic N) is 2. The molecule has 0 radical (unpaired) electrons. The number of hydrogen-bond acceptors (Lipinski definition) is 11. The minimum atomic E-state index is -2.09. The van der Waals surface area contributed by atoms with E-state index in [-0.39, 0.29) is 30.0 Å². The van der Waals surface area contributed by atoms with Gasteiger partial charge in [-0.15, -0.1) is 6.58 Å². The smallest absolute Gasteiger partial charge is 0.329 e. The van der Waals surface area contributed by atoms with E-state index in [1.165, 1.54) is 18.2 Å². The second-order valence-corrected chi connectivity index (χ2v) is 16.4. The summed E-state index contributed by atoms with van der Waals surface area (Å²) in [7, 11) is 2.29. The number of amides is 4. The fourth-order valence-corrected chi connectivity index (χ4v) is 9.80. The van der Waals surface area contributed by atoms with Crippen molar-refractivity contribution < 1.29 is 48.1 Å². The molecule has 2 saturated heterocycles. The lowest BCUT2D eigenvalue weighted by molar-refractivity contribution is -0.178. The molecule has 67 heavy (non-hydrogen) atoms. The largest absolute Gasteiger partial charge is 0.508 e. The van der Waals surface area contributed by atoms with Gasteiger partial charge in [-0.3, -0.25) is 28.9 Å². The average molecular weight is 901 g/mol. The van der Waals surface area contributed by atoms with Gasteiger partial charge in [0.05, 0.1) is 44.0 Å². The van der Waals surface area contributed by atoms with Crippen LogP contribution in [-0.4, -0.2) is 72.6 Å². The predicted molar refractivity (Wildman–Crippen MR) is 246 cm³/mol. The molecule has 4 amide bonds. The van der Waals surface area contributed by atoms with Crippen molar-refractivity contribution in [3.8, 4) is 17.6 Å². The van der Waals surface area contributed by atoms with E-state index in [9.17, 15) is 19.5 Å². The highest BCUT2D eigenvalue weighted by Crippen LogP contribution is 2.66. The van der Waals surface area contributed by atoms with E-state index in [2.05, 4.69) is 29.1 Å². The summed E-state index contributed by atoms with van der Waals surface area (Å²) in [6.07, 6.45) is 0.248. The highest BCUT2D eigenvalue weighted by molar-refractivity contribution is 6.24. The lowest BCUT2D eigenvalue weighted by Crippen LogP contribution is -2.56. The summed E-state index contributed by atoms with van der Waals surface area (Å²) >= 11 is 0. The van der Waals surface area contributed by atoms with Crippen LogP contribution in [0.25, 0.3) is 0 Å². The number of benzene rings is 5. The van der Waals surface area contributed by atoms with E-state index in [0.29, 0.717) is 22.3 Å². The molecule has 2 fully saturated rings. The zero-order valence-electron chi connectivity index (χ0n) is 37.0. The maximum atomic E-state index is 16.4. The molecular weight excluding hydrogens is 853 g/mol. The van der Waals surface area contributed by atoms with E-state index in [1.54, 1.807) is 37.3 Å². The number of carbonyl (C=O) groups excluding carboxylic acids is 6. The summed E-state index contributed by atoms with van der Waals surface area (Å²) in [6, 6.07) is 33.8. The van der Waals surface area contributed by atoms with Crippen LogP contribution in [0.5, 0.6) is 5.75 Å². The first kappa shape index (κ1) is 45.5. The quantitative estimate of drug-likeness (QED) is 0.0431. The third-order valence-corrected chi connectivity index (χ3v) is 12.7. The lowest BCUT2D eigenvalue weighted by Gasteiger charge is -2.46. The van der Waals surface area contributed by atoms with Crippen molar-refractivity contribution in [2.45, 2.75) is 49.0 Å². The molecule has 14 heteroatoms. The van der Waals surface area contributed by atoms with Crippen LogP contribution in [0, 0.1) is 23.7 Å². The summed E-state index contributed by atoms with van der Waals surface area (Å²) < 4.78 is 16.1. The van der Waals surface area contributed by atoms with Crippen molar-refractivity contribution in [1.82, 2.24) is 15.5 Å². The van der Waals surface area contributed by atoms with Crippen molar-refractivity contribution in [1.29, 1.82) is 0 Å². The van der Waals surface area contributed by atoms with Crippen LogP contribution in [0.1, 0.15) is 71.0 Å². The average Bonchev–Trinajstić information content (AvgIpc) is 3.81. The van der Waals surface area contributed by atoms with Crippen molar-refractivity contribution in [3.63, 3.8) is 0 Å². The summed E-state index contributed by atoms with van der Waals surface area (Å²) in [5.74, 6) is -1.05. The number of hydrogen-bond donors (Lipinski definition) is 3. The Labute approximate surface area is 387 Å². The molecule has 8 rings (SSSR count). The fraction of sp³-hybridized carbons (Fsp3) is 0.245. The third-order valence-electron chi connectivity index (χ3n) is 12.7. The molecule has 0 aliphatic carbocycles. The van der Waals surface area contributed by atoms with E-state index < -0.39 is 83.3 Å². The number of nitrogens with one attached hydrogen (secondary N) is 2. The molecular formula is C53H48N4O10. The number of carbonyl (C=O) groups is 6. The normalized spacial score (nSPS) is 22.1. The number of phenolic OH excluding ortho intramolecular Hbond substituents is 1. The van der Waals surface area contributed by atoms with Crippen molar-refractivity contribution in [3.05, 3.63) is 179 Å². The number of ether oxygens (including phenoxy) is 3. The SMILES string of the molecule is C=CCNC(=O)C1C2C(=O)OC(c3ccccc3)C(c3ccccc3)N2C(c2ccc(O)cc2)C12C(=O)N(C(=O)NC(C)c1ccccc1)c1ccc(C#CCC(C(=O)OC)C(=O)OC)cc12. The first-order valence-corrected chi connectivity index (χ1v) is 21.7. The number of urea groups is 1. The van der Waals surface area contributed by atoms with Crippen LogP contribution < -0.4 is 15.5 Å². The van der Waals surface area contributed by atoms with Gasteiger partial charge < -0.3 is 30.0 Å². The predicted octanol–water partition coefficient (Wildman–Crippen LogP) is 6.53. The maximum Gasteiger partial charge on any atom is 0.329 e. The molecule has 340 valence electrons. The molecule has 7 atom stereocenters. The van der Waals surface area contributed by atoms with E-state index in [4.69, 9.17) is 14.2 Å². The zero-order valence-corrected chi connectivity index (χ0v) is 37.0. The Balaban J connectivity index is 1.41. The van der Waals surface area contributed by atoms with Gasteiger partial charge >= 0.3 is 23.9 Å². The molecule has 14 nitrogen and oxygen atoms in total. The summed E-state index contributed by atoms with van der Waals surface area (Å²) in [4.78, 5) is 89.7. The van der Waals surface area contributed by atoms with Crippen molar-refractivity contribution >= 4 is 41.4 Å². The van der Waals surface area contributed by atoms with Gasteiger partial charge in [0.2, 0.25) is 11.8 Å². The molecule has 7 unspecified atom stereocenters. The molecule has 3 aliphatic heterocycles. The highest BCUT2D eigenvalue weighted by Gasteiger charge is 2.75. The first-order chi connectivity index (χ1) is 32.5. The number of phenols is 1. The molecule has 3 heterocycles.